The molecule has 1 aromatic heterocycles. The van der Waals surface area contributed by atoms with Crippen LogP contribution in [-0.4, -0.2) is 107 Å². The number of aromatic nitrogens is 2. The Morgan fingerprint density at radius 2 is 1.62 bits per heavy atom. The van der Waals surface area contributed by atoms with E-state index in [1.165, 1.54) is 26.2 Å². The maximum atomic E-state index is 14.1. The van der Waals surface area contributed by atoms with Crippen molar-refractivity contribution in [2.24, 2.45) is 11.8 Å². The van der Waals surface area contributed by atoms with Crippen LogP contribution in [0.15, 0.2) is 48.8 Å². The summed E-state index contributed by atoms with van der Waals surface area (Å²) in [6.07, 6.45) is 8.10. The number of β-amino-alcohol motifs (C(OH)–C–C–N with tert-alkyl or cyclic N) is 1. The van der Waals surface area contributed by atoms with Gasteiger partial charge in [-0.3, -0.25) is 19.3 Å². The molecule has 13 nitrogen and oxygen atoms in total. The molecule has 276 valence electrons. The van der Waals surface area contributed by atoms with Gasteiger partial charge >= 0.3 is 6.01 Å². The van der Waals surface area contributed by atoms with Gasteiger partial charge in [-0.2, -0.15) is 0 Å². The third-order valence-electron chi connectivity index (χ3n) is 9.91. The Bertz CT molecular complexity index is 1550. The molecular formula is C36H54N6O7S. The van der Waals surface area contributed by atoms with Crippen LogP contribution in [0, 0.1) is 11.8 Å². The Hall–Kier alpha value is -3.62. The van der Waals surface area contributed by atoms with E-state index in [9.17, 15) is 27.9 Å². The van der Waals surface area contributed by atoms with E-state index in [4.69, 9.17) is 4.74 Å². The van der Waals surface area contributed by atoms with Crippen molar-refractivity contribution < 1.29 is 32.6 Å². The summed E-state index contributed by atoms with van der Waals surface area (Å²) in [5, 5.41) is 20.5. The molecule has 6 atom stereocenters. The molecule has 1 saturated heterocycles. The zero-order valence-electron chi connectivity index (χ0n) is 30.1. The van der Waals surface area contributed by atoms with E-state index < -0.39 is 62.8 Å². The number of amides is 3. The number of nitrogens with zero attached hydrogens (tertiary/aromatic N) is 3. The minimum atomic E-state index is -3.90. The number of hydrogen-bond acceptors (Lipinski definition) is 10. The first-order chi connectivity index (χ1) is 23.4. The van der Waals surface area contributed by atoms with Crippen LogP contribution in [0.1, 0.15) is 72.3 Å². The van der Waals surface area contributed by atoms with Crippen LogP contribution in [0.4, 0.5) is 0 Å². The molecule has 50 heavy (non-hydrogen) atoms. The van der Waals surface area contributed by atoms with Gasteiger partial charge in [0, 0.05) is 37.3 Å². The second-order valence-electron chi connectivity index (χ2n) is 15.3. The van der Waals surface area contributed by atoms with Gasteiger partial charge in [-0.05, 0) is 77.3 Å². The van der Waals surface area contributed by atoms with Crippen LogP contribution in [0.25, 0.3) is 0 Å². The third kappa shape index (κ3) is 10.7. The summed E-state index contributed by atoms with van der Waals surface area (Å²) < 4.78 is 29.5. The first-order valence-corrected chi connectivity index (χ1v) is 19.3. The quantitative estimate of drug-likeness (QED) is 0.226. The largest absolute Gasteiger partial charge is 0.453 e. The minimum Gasteiger partial charge on any atom is -0.453 e. The molecule has 1 saturated carbocycles. The summed E-state index contributed by atoms with van der Waals surface area (Å²) >= 11 is 0. The third-order valence-corrected chi connectivity index (χ3v) is 12.1. The highest BCUT2D eigenvalue weighted by molar-refractivity contribution is 7.92. The van der Waals surface area contributed by atoms with E-state index in [1.807, 2.05) is 56.0 Å². The predicted octanol–water partition coefficient (Wildman–Crippen LogP) is 2.05. The number of sulfone groups is 1. The van der Waals surface area contributed by atoms with Crippen molar-refractivity contribution in [3.8, 4) is 6.01 Å². The molecule has 2 heterocycles. The number of fused-ring (bicyclic) bond motifs is 1. The fraction of sp³-hybridized carbons (Fsp3) is 0.639. The first kappa shape index (κ1) is 39.2. The number of carbonyl (C=O) groups excluding carboxylic acids is 3. The lowest BCUT2D eigenvalue weighted by atomic mass is 9.72. The number of benzene rings is 1. The molecule has 2 fully saturated rings. The van der Waals surface area contributed by atoms with E-state index in [0.29, 0.717) is 24.8 Å². The normalized spacial score (nSPS) is 21.9. The molecule has 1 aromatic carbocycles. The lowest BCUT2D eigenvalue weighted by molar-refractivity contribution is -0.133. The van der Waals surface area contributed by atoms with E-state index in [1.54, 1.807) is 6.07 Å². The Morgan fingerprint density at radius 3 is 2.24 bits per heavy atom. The Kier molecular flexibility index (Phi) is 13.0. The minimum absolute atomic E-state index is 0.0520. The molecule has 0 radical (unpaired) electrons. The molecule has 14 heteroatoms. The standard InChI is InChI=1S/C36H54N6O7S/c1-35(2,3)41-32(45)28-20-25-15-10-11-16-26(25)21-42(28)22-29(43)27(19-24-13-8-7-9-14-24)39-33(46)31(36(4,5)50(6,47)48)40-30(44)23-49-34-37-17-12-18-38-34/h7-9,12-14,17-18,25-29,31,43H,10-11,15-16,19-23H2,1-6H3,(H,39,46)(H,40,44)(H,41,45). The van der Waals surface area contributed by atoms with Gasteiger partial charge in [0.25, 0.3) is 5.91 Å². The van der Waals surface area contributed by atoms with E-state index >= 15 is 0 Å². The fourth-order valence-corrected chi connectivity index (χ4v) is 7.47. The van der Waals surface area contributed by atoms with Crippen molar-refractivity contribution in [2.45, 2.75) is 108 Å². The Morgan fingerprint density at radius 1 is 0.980 bits per heavy atom. The Labute approximate surface area is 296 Å². The van der Waals surface area contributed by atoms with Gasteiger partial charge < -0.3 is 25.8 Å². The second kappa shape index (κ2) is 16.6. The number of carbonyl (C=O) groups is 3. The lowest BCUT2D eigenvalue weighted by Crippen LogP contribution is -2.64. The molecule has 6 unspecified atom stereocenters. The average molecular weight is 715 g/mol. The molecular weight excluding hydrogens is 660 g/mol. The van der Waals surface area contributed by atoms with Crippen molar-refractivity contribution >= 4 is 27.6 Å². The highest BCUT2D eigenvalue weighted by Crippen LogP contribution is 2.39. The number of nitrogens with one attached hydrogen (secondary N) is 3. The summed E-state index contributed by atoms with van der Waals surface area (Å²) in [5.41, 5.74) is 0.406. The topological polar surface area (TPSA) is 180 Å². The van der Waals surface area contributed by atoms with Gasteiger partial charge in [0.2, 0.25) is 11.8 Å². The van der Waals surface area contributed by atoms with Gasteiger partial charge in [-0.25, -0.2) is 18.4 Å². The maximum absolute atomic E-state index is 14.1. The fourth-order valence-electron chi connectivity index (χ4n) is 6.87. The number of likely N-dealkylation sites (tertiary alicyclic amines) is 1. The van der Waals surface area contributed by atoms with Crippen LogP contribution >= 0.6 is 0 Å². The van der Waals surface area contributed by atoms with Crippen molar-refractivity contribution in [1.82, 2.24) is 30.8 Å². The van der Waals surface area contributed by atoms with E-state index in [2.05, 4.69) is 25.9 Å². The average Bonchev–Trinajstić information content (AvgIpc) is 3.05. The zero-order valence-corrected chi connectivity index (χ0v) is 30.9. The maximum Gasteiger partial charge on any atom is 0.316 e. The molecule has 1 aliphatic heterocycles. The van der Waals surface area contributed by atoms with Gasteiger partial charge in [0.15, 0.2) is 16.4 Å². The number of aliphatic hydroxyl groups is 1. The number of aliphatic hydroxyl groups excluding tert-OH is 1. The van der Waals surface area contributed by atoms with E-state index in [-0.39, 0.29) is 24.9 Å². The van der Waals surface area contributed by atoms with Crippen molar-refractivity contribution in [2.75, 3.05) is 26.0 Å². The highest BCUT2D eigenvalue weighted by atomic mass is 32.2. The molecule has 1 aliphatic carbocycles. The van der Waals surface area contributed by atoms with Gasteiger partial charge in [0.1, 0.15) is 6.04 Å². The smallest absolute Gasteiger partial charge is 0.316 e. The van der Waals surface area contributed by atoms with Crippen molar-refractivity contribution in [3.63, 3.8) is 0 Å². The van der Waals surface area contributed by atoms with E-state index in [0.717, 1.165) is 37.5 Å². The number of rotatable bonds is 14. The van der Waals surface area contributed by atoms with Gasteiger partial charge in [-0.15, -0.1) is 0 Å². The van der Waals surface area contributed by atoms with Gasteiger partial charge in [-0.1, -0.05) is 49.6 Å². The number of hydrogen-bond donors (Lipinski definition) is 4. The molecule has 3 amide bonds. The highest BCUT2D eigenvalue weighted by Gasteiger charge is 2.46. The molecule has 4 N–H and O–H groups in total. The number of ether oxygens (including phenoxy) is 1. The van der Waals surface area contributed by atoms with Crippen molar-refractivity contribution in [3.05, 3.63) is 54.4 Å². The Balaban J connectivity index is 1.58. The van der Waals surface area contributed by atoms with Crippen LogP contribution in [0.2, 0.25) is 0 Å². The summed E-state index contributed by atoms with van der Waals surface area (Å²) in [6, 6.07) is 7.99. The summed E-state index contributed by atoms with van der Waals surface area (Å²) in [5.74, 6) is -0.767. The zero-order chi connectivity index (χ0) is 36.7. The lowest BCUT2D eigenvalue weighted by Gasteiger charge is -2.47. The number of piperidine rings is 1. The SMILES string of the molecule is CC(C)(C)NC(=O)C1CC2CCCCC2CN1CC(O)C(Cc1ccccc1)NC(=O)C(NC(=O)COc1ncccn1)C(C)(C)S(C)(=O)=O. The van der Waals surface area contributed by atoms with Gasteiger partial charge in [0.05, 0.1) is 22.9 Å². The van der Waals surface area contributed by atoms with Crippen molar-refractivity contribution in [1.29, 1.82) is 0 Å². The molecule has 2 aromatic rings. The first-order valence-electron chi connectivity index (χ1n) is 17.4. The summed E-state index contributed by atoms with van der Waals surface area (Å²) in [6.45, 7) is 8.76. The molecule has 2 aliphatic rings. The monoisotopic (exact) mass is 714 g/mol. The van der Waals surface area contributed by atoms with Crippen LogP contribution < -0.4 is 20.7 Å². The van der Waals surface area contributed by atoms with Crippen LogP contribution in [0.3, 0.4) is 0 Å². The summed E-state index contributed by atoms with van der Waals surface area (Å²) in [7, 11) is -3.90. The summed E-state index contributed by atoms with van der Waals surface area (Å²) in [4.78, 5) is 50.7. The van der Waals surface area contributed by atoms with Crippen LogP contribution in [-0.2, 0) is 30.6 Å². The molecule has 0 spiro atoms. The second-order valence-corrected chi connectivity index (χ2v) is 17.9. The molecule has 4 rings (SSSR count). The van der Waals surface area contributed by atoms with Crippen LogP contribution in [0.5, 0.6) is 6.01 Å². The predicted molar refractivity (Wildman–Crippen MR) is 190 cm³/mol. The molecule has 0 bridgehead atoms.